The molecule has 11 aromatic rings. The minimum absolute atomic E-state index is 0.726. The molecular weight excluding hydrogens is 759 g/mol. The summed E-state index contributed by atoms with van der Waals surface area (Å²) in [4.78, 5) is 16.6. The molecule has 0 saturated heterocycles. The van der Waals surface area contributed by atoms with Gasteiger partial charge in [-0.15, -0.1) is 11.3 Å². The van der Waals surface area contributed by atoms with E-state index in [1.807, 2.05) is 12.1 Å². The zero-order chi connectivity index (χ0) is 40.5. The Hall–Kier alpha value is -7.79. The summed E-state index contributed by atoms with van der Waals surface area (Å²) in [5.74, 6) is 0.726. The Morgan fingerprint density at radius 1 is 0.279 bits per heavy atom. The van der Waals surface area contributed by atoms with Gasteiger partial charge in [-0.3, -0.25) is 0 Å². The second kappa shape index (κ2) is 15.8. The van der Waals surface area contributed by atoms with E-state index in [4.69, 9.17) is 15.0 Å². The number of benzene rings is 8. The van der Waals surface area contributed by atoms with Crippen LogP contribution >= 0.6 is 11.3 Å². The van der Waals surface area contributed by atoms with E-state index in [1.54, 1.807) is 11.3 Å². The number of hydrogen-bond donors (Lipinski definition) is 0. The van der Waals surface area contributed by atoms with Crippen molar-refractivity contribution in [3.05, 3.63) is 224 Å². The molecule has 286 valence electrons. The van der Waals surface area contributed by atoms with E-state index in [-0.39, 0.29) is 0 Å². The van der Waals surface area contributed by atoms with Gasteiger partial charge in [0.05, 0.1) is 17.1 Å². The summed E-state index contributed by atoms with van der Waals surface area (Å²) in [6.45, 7) is 0. The third-order valence-corrected chi connectivity index (χ3v) is 12.4. The lowest BCUT2D eigenvalue weighted by Crippen LogP contribution is -1.94. The molecule has 3 heterocycles. The van der Waals surface area contributed by atoms with Crippen LogP contribution in [0.15, 0.2) is 224 Å². The zero-order valence-corrected chi connectivity index (χ0v) is 33.9. The normalized spacial score (nSPS) is 11.3. The third kappa shape index (κ3) is 7.20. The van der Waals surface area contributed by atoms with Crippen molar-refractivity contribution in [2.24, 2.45) is 0 Å². The van der Waals surface area contributed by atoms with E-state index >= 15 is 0 Å². The first-order valence-corrected chi connectivity index (χ1v) is 21.3. The van der Waals surface area contributed by atoms with Crippen LogP contribution in [0, 0.1) is 0 Å². The molecule has 11 rings (SSSR count). The van der Waals surface area contributed by atoms with Crippen molar-refractivity contribution in [1.82, 2.24) is 15.0 Å². The van der Waals surface area contributed by atoms with Gasteiger partial charge in [-0.25, -0.2) is 15.0 Å². The number of pyridine rings is 1. The highest BCUT2D eigenvalue weighted by molar-refractivity contribution is 7.25. The number of thiophene rings is 1. The largest absolute Gasteiger partial charge is 0.248 e. The van der Waals surface area contributed by atoms with Crippen molar-refractivity contribution < 1.29 is 0 Å². The van der Waals surface area contributed by atoms with E-state index in [1.165, 1.54) is 15.6 Å². The lowest BCUT2D eigenvalue weighted by Gasteiger charge is -2.12. The zero-order valence-electron chi connectivity index (χ0n) is 33.1. The molecular formula is C57H37N3S. The molecule has 3 nitrogen and oxygen atoms in total. The molecule has 8 aromatic carbocycles. The molecule has 0 bridgehead atoms. The van der Waals surface area contributed by atoms with Crippen molar-refractivity contribution in [2.75, 3.05) is 0 Å². The van der Waals surface area contributed by atoms with Gasteiger partial charge in [0.15, 0.2) is 5.82 Å². The highest BCUT2D eigenvalue weighted by Crippen LogP contribution is 2.40. The fourth-order valence-corrected chi connectivity index (χ4v) is 9.32. The summed E-state index contributed by atoms with van der Waals surface area (Å²) in [6.07, 6.45) is 0. The van der Waals surface area contributed by atoms with Gasteiger partial charge in [0, 0.05) is 37.7 Å². The smallest absolute Gasteiger partial charge is 0.161 e. The lowest BCUT2D eigenvalue weighted by molar-refractivity contribution is 1.24. The SMILES string of the molecule is c1ccc(-c2cc(-c3ccccc3)nc(-c3cccc(-c4cccc(-c5cccc(-c6cccc(-c7nc(-c8ccccc8)c8c(n7)sc7ccccc78)c6)c5)c4)c3)c2)cc1. The lowest BCUT2D eigenvalue weighted by atomic mass is 9.94. The Bertz CT molecular complexity index is 3300. The van der Waals surface area contributed by atoms with Crippen LogP contribution in [0.25, 0.3) is 110 Å². The van der Waals surface area contributed by atoms with Gasteiger partial charge in [-0.05, 0) is 87.0 Å². The number of rotatable bonds is 8. The number of nitrogens with zero attached hydrogens (tertiary/aromatic N) is 3. The summed E-state index contributed by atoms with van der Waals surface area (Å²) in [7, 11) is 0. The van der Waals surface area contributed by atoms with Crippen LogP contribution in [0.4, 0.5) is 0 Å². The maximum atomic E-state index is 5.26. The molecule has 0 spiro atoms. The molecule has 0 radical (unpaired) electrons. The van der Waals surface area contributed by atoms with Crippen LogP contribution in [0.1, 0.15) is 0 Å². The van der Waals surface area contributed by atoms with Crippen molar-refractivity contribution in [1.29, 1.82) is 0 Å². The van der Waals surface area contributed by atoms with Crippen LogP contribution in [0.5, 0.6) is 0 Å². The van der Waals surface area contributed by atoms with Gasteiger partial charge in [0.1, 0.15) is 4.83 Å². The summed E-state index contributed by atoms with van der Waals surface area (Å²) in [5.41, 5.74) is 16.3. The Labute approximate surface area is 359 Å². The minimum atomic E-state index is 0.726. The van der Waals surface area contributed by atoms with E-state index in [0.29, 0.717) is 0 Å². The van der Waals surface area contributed by atoms with Crippen LogP contribution in [0.3, 0.4) is 0 Å². The standard InChI is InChI=1S/C57H37N3S/c1-4-16-38(17-5-1)49-36-51(39-18-6-2-7-19-39)58-52(37-49)47-28-14-26-45(34-47)43-24-12-22-41(32-43)42-23-13-25-44(33-42)46-27-15-29-48(35-46)56-59-55(40-20-8-3-9-21-40)54-50-30-10-11-31-53(50)61-57(54)60-56/h1-37H. The summed E-state index contributed by atoms with van der Waals surface area (Å²) >= 11 is 1.72. The summed E-state index contributed by atoms with van der Waals surface area (Å²) in [5, 5.41) is 2.30. The highest BCUT2D eigenvalue weighted by atomic mass is 32.1. The van der Waals surface area contributed by atoms with Crippen molar-refractivity contribution in [3.8, 4) is 89.7 Å². The van der Waals surface area contributed by atoms with Gasteiger partial charge < -0.3 is 0 Å². The maximum Gasteiger partial charge on any atom is 0.161 e. The highest BCUT2D eigenvalue weighted by Gasteiger charge is 2.17. The first-order valence-electron chi connectivity index (χ1n) is 20.5. The second-order valence-electron chi connectivity index (χ2n) is 15.2. The van der Waals surface area contributed by atoms with E-state index in [2.05, 4.69) is 212 Å². The van der Waals surface area contributed by atoms with Gasteiger partial charge in [0.25, 0.3) is 0 Å². The number of fused-ring (bicyclic) bond motifs is 3. The first kappa shape index (κ1) is 36.3. The van der Waals surface area contributed by atoms with E-state index in [0.717, 1.165) is 94.3 Å². The molecule has 0 N–H and O–H groups in total. The average Bonchev–Trinajstić information content (AvgIpc) is 3.73. The van der Waals surface area contributed by atoms with Crippen LogP contribution in [-0.4, -0.2) is 15.0 Å². The molecule has 0 fully saturated rings. The van der Waals surface area contributed by atoms with E-state index in [9.17, 15) is 0 Å². The maximum absolute atomic E-state index is 5.26. The quantitative estimate of drug-likeness (QED) is 0.154. The van der Waals surface area contributed by atoms with Crippen LogP contribution in [0.2, 0.25) is 0 Å². The number of aromatic nitrogens is 3. The predicted octanol–water partition coefficient (Wildman–Crippen LogP) is 15.6. The fraction of sp³-hybridized carbons (Fsp3) is 0. The first-order chi connectivity index (χ1) is 30.2. The number of hydrogen-bond acceptors (Lipinski definition) is 4. The minimum Gasteiger partial charge on any atom is -0.248 e. The molecule has 0 aliphatic heterocycles. The topological polar surface area (TPSA) is 38.7 Å². The van der Waals surface area contributed by atoms with Gasteiger partial charge in [0.2, 0.25) is 0 Å². The van der Waals surface area contributed by atoms with Gasteiger partial charge in [-0.2, -0.15) is 0 Å². The monoisotopic (exact) mass is 795 g/mol. The van der Waals surface area contributed by atoms with Crippen molar-refractivity contribution >= 4 is 31.6 Å². The second-order valence-corrected chi connectivity index (χ2v) is 16.3. The van der Waals surface area contributed by atoms with E-state index < -0.39 is 0 Å². The summed E-state index contributed by atoms with van der Waals surface area (Å²) < 4.78 is 1.21. The Kier molecular flexibility index (Phi) is 9.38. The van der Waals surface area contributed by atoms with Gasteiger partial charge in [-0.1, -0.05) is 182 Å². The Morgan fingerprint density at radius 2 is 0.705 bits per heavy atom. The fourth-order valence-electron chi connectivity index (χ4n) is 8.24. The average molecular weight is 796 g/mol. The molecule has 0 aliphatic carbocycles. The predicted molar refractivity (Wildman–Crippen MR) is 256 cm³/mol. The molecule has 0 unspecified atom stereocenters. The van der Waals surface area contributed by atoms with Crippen LogP contribution < -0.4 is 0 Å². The van der Waals surface area contributed by atoms with Crippen molar-refractivity contribution in [3.63, 3.8) is 0 Å². The molecule has 4 heteroatoms. The molecule has 0 saturated carbocycles. The molecule has 61 heavy (non-hydrogen) atoms. The molecule has 3 aromatic heterocycles. The molecule has 0 amide bonds. The van der Waals surface area contributed by atoms with Crippen LogP contribution in [-0.2, 0) is 0 Å². The molecule has 0 atom stereocenters. The Morgan fingerprint density at radius 3 is 1.30 bits per heavy atom. The third-order valence-electron chi connectivity index (χ3n) is 11.3. The Balaban J connectivity index is 0.929. The van der Waals surface area contributed by atoms with Crippen molar-refractivity contribution in [2.45, 2.75) is 0 Å². The molecule has 0 aliphatic rings. The van der Waals surface area contributed by atoms with Gasteiger partial charge >= 0.3 is 0 Å². The summed E-state index contributed by atoms with van der Waals surface area (Å²) in [6, 6.07) is 79.3.